The Morgan fingerprint density at radius 3 is 2.85 bits per heavy atom. The number of carbonyl (C=O) groups is 1. The Bertz CT molecular complexity index is 498. The molecule has 0 aromatic heterocycles. The molecule has 1 aromatic carbocycles. The van der Waals surface area contributed by atoms with E-state index >= 15 is 0 Å². The summed E-state index contributed by atoms with van der Waals surface area (Å²) in [5, 5.41) is 14.3. The summed E-state index contributed by atoms with van der Waals surface area (Å²) in [6, 6.07) is 6.41. The maximum absolute atomic E-state index is 12.5. The molecule has 1 atom stereocenters. The number of amides is 1. The van der Waals surface area contributed by atoms with Crippen molar-refractivity contribution >= 4 is 11.6 Å². The zero-order chi connectivity index (χ0) is 14.5. The van der Waals surface area contributed by atoms with Gasteiger partial charge in [0.1, 0.15) is 5.56 Å². The first-order valence-electron chi connectivity index (χ1n) is 6.89. The molecule has 1 aliphatic rings. The van der Waals surface area contributed by atoms with Crippen LogP contribution < -0.4 is 5.32 Å². The van der Waals surface area contributed by atoms with E-state index in [1.165, 1.54) is 12.1 Å². The van der Waals surface area contributed by atoms with Gasteiger partial charge < -0.3 is 10.2 Å². The molecule has 108 valence electrons. The van der Waals surface area contributed by atoms with Crippen LogP contribution in [-0.4, -0.2) is 41.4 Å². The molecule has 1 fully saturated rings. The highest BCUT2D eigenvalue weighted by molar-refractivity contribution is 5.98. The zero-order valence-corrected chi connectivity index (χ0v) is 11.5. The second-order valence-corrected chi connectivity index (χ2v) is 4.91. The maximum atomic E-state index is 12.5. The second kappa shape index (κ2) is 6.47. The quantitative estimate of drug-likeness (QED) is 0.658. The molecule has 1 aromatic rings. The van der Waals surface area contributed by atoms with E-state index in [4.69, 9.17) is 0 Å². The number of nitrogens with zero attached hydrogens (tertiary/aromatic N) is 2. The van der Waals surface area contributed by atoms with Crippen molar-refractivity contribution in [2.45, 2.75) is 25.8 Å². The Balaban J connectivity index is 2.17. The molecule has 1 unspecified atom stereocenters. The van der Waals surface area contributed by atoms with Crippen LogP contribution in [0.4, 0.5) is 5.69 Å². The summed E-state index contributed by atoms with van der Waals surface area (Å²) in [4.78, 5) is 24.7. The molecule has 6 nitrogen and oxygen atoms in total. The summed E-state index contributed by atoms with van der Waals surface area (Å²) in [6.45, 7) is 4.01. The van der Waals surface area contributed by atoms with E-state index < -0.39 is 4.92 Å². The van der Waals surface area contributed by atoms with Crippen molar-refractivity contribution in [3.63, 3.8) is 0 Å². The molecule has 1 aliphatic heterocycles. The molecule has 1 amide bonds. The maximum Gasteiger partial charge on any atom is 0.282 e. The van der Waals surface area contributed by atoms with Crippen LogP contribution in [0.5, 0.6) is 0 Å². The first-order chi connectivity index (χ1) is 9.63. The summed E-state index contributed by atoms with van der Waals surface area (Å²) in [7, 11) is 0. The third-order valence-electron chi connectivity index (χ3n) is 3.60. The lowest BCUT2D eigenvalue weighted by atomic mass is 10.1. The topological polar surface area (TPSA) is 75.5 Å². The van der Waals surface area contributed by atoms with E-state index in [2.05, 4.69) is 5.32 Å². The number of benzene rings is 1. The normalized spacial score (nSPS) is 17.9. The highest BCUT2D eigenvalue weighted by Crippen LogP contribution is 2.20. The molecule has 0 aliphatic carbocycles. The number of nitro benzene ring substituents is 1. The minimum atomic E-state index is -0.505. The van der Waals surface area contributed by atoms with Crippen molar-refractivity contribution in [3.8, 4) is 0 Å². The minimum absolute atomic E-state index is 0.129. The number of nitrogens with one attached hydrogen (secondary N) is 1. The van der Waals surface area contributed by atoms with Gasteiger partial charge >= 0.3 is 0 Å². The molecule has 0 radical (unpaired) electrons. The van der Waals surface area contributed by atoms with Gasteiger partial charge in [-0.15, -0.1) is 0 Å². The van der Waals surface area contributed by atoms with E-state index in [0.717, 1.165) is 19.4 Å². The number of nitro groups is 1. The Morgan fingerprint density at radius 1 is 1.50 bits per heavy atom. The van der Waals surface area contributed by atoms with Crippen LogP contribution in [0.1, 0.15) is 30.1 Å². The monoisotopic (exact) mass is 277 g/mol. The van der Waals surface area contributed by atoms with Crippen LogP contribution in [0, 0.1) is 10.1 Å². The summed E-state index contributed by atoms with van der Waals surface area (Å²) < 4.78 is 0. The molecule has 20 heavy (non-hydrogen) atoms. The SMILES string of the molecule is CCN(CC1CCCN1)C(=O)c1ccccc1[N+](=O)[O-]. The van der Waals surface area contributed by atoms with Gasteiger partial charge in [-0.25, -0.2) is 0 Å². The number of hydrogen-bond acceptors (Lipinski definition) is 4. The summed E-state index contributed by atoms with van der Waals surface area (Å²) >= 11 is 0. The Hall–Kier alpha value is -1.95. The molecule has 6 heteroatoms. The van der Waals surface area contributed by atoms with Gasteiger partial charge in [-0.2, -0.15) is 0 Å². The third kappa shape index (κ3) is 3.14. The van der Waals surface area contributed by atoms with Gasteiger partial charge in [-0.05, 0) is 32.4 Å². The number of rotatable bonds is 5. The van der Waals surface area contributed by atoms with Gasteiger partial charge in [0, 0.05) is 25.2 Å². The van der Waals surface area contributed by atoms with Crippen molar-refractivity contribution in [3.05, 3.63) is 39.9 Å². The summed E-state index contributed by atoms with van der Waals surface area (Å²) in [5.74, 6) is -0.270. The first-order valence-corrected chi connectivity index (χ1v) is 6.89. The molecule has 1 saturated heterocycles. The zero-order valence-electron chi connectivity index (χ0n) is 11.5. The molecule has 0 spiro atoms. The Labute approximate surface area is 117 Å². The fraction of sp³-hybridized carbons (Fsp3) is 0.500. The van der Waals surface area contributed by atoms with Crippen LogP contribution >= 0.6 is 0 Å². The Kier molecular flexibility index (Phi) is 4.68. The van der Waals surface area contributed by atoms with E-state index in [-0.39, 0.29) is 17.2 Å². The lowest BCUT2D eigenvalue weighted by Gasteiger charge is -2.24. The summed E-state index contributed by atoms with van der Waals surface area (Å²) in [6.07, 6.45) is 2.16. The lowest BCUT2D eigenvalue weighted by molar-refractivity contribution is -0.385. The van der Waals surface area contributed by atoms with Gasteiger partial charge in [0.25, 0.3) is 11.6 Å². The second-order valence-electron chi connectivity index (χ2n) is 4.91. The van der Waals surface area contributed by atoms with E-state index in [1.807, 2.05) is 6.92 Å². The number of carbonyl (C=O) groups excluding carboxylic acids is 1. The smallest absolute Gasteiger partial charge is 0.282 e. The average molecular weight is 277 g/mol. The van der Waals surface area contributed by atoms with Crippen LogP contribution in [0.2, 0.25) is 0 Å². The fourth-order valence-corrected chi connectivity index (χ4v) is 2.52. The number of para-hydroxylation sites is 1. The van der Waals surface area contributed by atoms with Crippen molar-refractivity contribution in [2.24, 2.45) is 0 Å². The number of hydrogen-bond donors (Lipinski definition) is 1. The van der Waals surface area contributed by atoms with Gasteiger partial charge in [0.05, 0.1) is 4.92 Å². The van der Waals surface area contributed by atoms with E-state index in [0.29, 0.717) is 19.1 Å². The first kappa shape index (κ1) is 14.5. The highest BCUT2D eigenvalue weighted by atomic mass is 16.6. The van der Waals surface area contributed by atoms with Crippen LogP contribution in [0.3, 0.4) is 0 Å². The van der Waals surface area contributed by atoms with Crippen molar-refractivity contribution in [1.29, 1.82) is 0 Å². The fourth-order valence-electron chi connectivity index (χ4n) is 2.52. The van der Waals surface area contributed by atoms with Crippen molar-refractivity contribution in [2.75, 3.05) is 19.6 Å². The largest absolute Gasteiger partial charge is 0.337 e. The van der Waals surface area contributed by atoms with Crippen LogP contribution in [0.15, 0.2) is 24.3 Å². The Morgan fingerprint density at radius 2 is 2.25 bits per heavy atom. The number of likely N-dealkylation sites (N-methyl/N-ethyl adjacent to an activating group) is 1. The van der Waals surface area contributed by atoms with Gasteiger partial charge in [-0.3, -0.25) is 14.9 Å². The van der Waals surface area contributed by atoms with Crippen molar-refractivity contribution in [1.82, 2.24) is 10.2 Å². The average Bonchev–Trinajstić information content (AvgIpc) is 2.97. The van der Waals surface area contributed by atoms with Gasteiger partial charge in [0.2, 0.25) is 0 Å². The predicted molar refractivity (Wildman–Crippen MR) is 75.7 cm³/mol. The van der Waals surface area contributed by atoms with Crippen LogP contribution in [-0.2, 0) is 0 Å². The summed E-state index contributed by atoms with van der Waals surface area (Å²) in [5.41, 5.74) is 0.0349. The van der Waals surface area contributed by atoms with E-state index in [1.54, 1.807) is 17.0 Å². The molecule has 0 bridgehead atoms. The van der Waals surface area contributed by atoms with E-state index in [9.17, 15) is 14.9 Å². The molecule has 2 rings (SSSR count). The van der Waals surface area contributed by atoms with Gasteiger partial charge in [0.15, 0.2) is 0 Å². The molecular formula is C14H19N3O3. The highest BCUT2D eigenvalue weighted by Gasteiger charge is 2.26. The third-order valence-corrected chi connectivity index (χ3v) is 3.60. The van der Waals surface area contributed by atoms with Crippen LogP contribution in [0.25, 0.3) is 0 Å². The molecular weight excluding hydrogens is 258 g/mol. The van der Waals surface area contributed by atoms with Gasteiger partial charge in [-0.1, -0.05) is 12.1 Å². The molecule has 1 heterocycles. The predicted octanol–water partition coefficient (Wildman–Crippen LogP) is 1.81. The minimum Gasteiger partial charge on any atom is -0.337 e. The molecule has 1 N–H and O–H groups in total. The standard InChI is InChI=1S/C14H19N3O3/c1-2-16(10-11-6-5-9-15-11)14(18)12-7-3-4-8-13(12)17(19)20/h3-4,7-8,11,15H,2,5-6,9-10H2,1H3. The van der Waals surface area contributed by atoms with Crippen molar-refractivity contribution < 1.29 is 9.72 Å². The molecule has 0 saturated carbocycles. The lowest BCUT2D eigenvalue weighted by Crippen LogP contribution is -2.41.